The molecule has 0 spiro atoms. The van der Waals surface area contributed by atoms with Gasteiger partial charge in [-0.25, -0.2) is 4.79 Å². The number of amides is 1. The fourth-order valence-electron chi connectivity index (χ4n) is 3.16. The van der Waals surface area contributed by atoms with E-state index in [-0.39, 0.29) is 12.1 Å². The van der Waals surface area contributed by atoms with Crippen LogP contribution in [0.5, 0.6) is 0 Å². The average molecular weight is 314 g/mol. The standard InChI is InChI=1S/C16H30N2O2S/c1-5-21-14-7-6-11(10-14)17-12-8-13(9-12)18-15(19)20-16(2,3)4/h11-14,17H,5-10H2,1-4H3,(H,18,19). The van der Waals surface area contributed by atoms with E-state index in [0.29, 0.717) is 12.1 Å². The zero-order valence-corrected chi connectivity index (χ0v) is 14.6. The number of carbonyl (C=O) groups is 1. The Balaban J connectivity index is 1.58. The molecule has 0 aromatic rings. The molecule has 2 N–H and O–H groups in total. The number of thioether (sulfide) groups is 1. The molecule has 1 amide bonds. The Bertz CT molecular complexity index is 351. The fraction of sp³-hybridized carbons (Fsp3) is 0.938. The van der Waals surface area contributed by atoms with Crippen molar-refractivity contribution in [2.45, 2.75) is 88.8 Å². The lowest BCUT2D eigenvalue weighted by Crippen LogP contribution is -2.54. The SMILES string of the molecule is CCSC1CCC(NC2CC(NC(=O)OC(C)(C)C)C2)C1. The predicted octanol–water partition coefficient (Wildman–Crippen LogP) is 3.31. The van der Waals surface area contributed by atoms with E-state index >= 15 is 0 Å². The summed E-state index contributed by atoms with van der Waals surface area (Å²) >= 11 is 2.10. The second-order valence-electron chi connectivity index (χ2n) is 7.27. The molecule has 2 unspecified atom stereocenters. The minimum atomic E-state index is -0.415. The van der Waals surface area contributed by atoms with Crippen LogP contribution in [-0.4, -0.2) is 40.8 Å². The van der Waals surface area contributed by atoms with Crippen LogP contribution in [0.15, 0.2) is 0 Å². The molecule has 2 aliphatic carbocycles. The number of nitrogens with one attached hydrogen (secondary N) is 2. The smallest absolute Gasteiger partial charge is 0.407 e. The van der Waals surface area contributed by atoms with Gasteiger partial charge in [-0.05, 0) is 58.6 Å². The van der Waals surface area contributed by atoms with Crippen LogP contribution < -0.4 is 10.6 Å². The van der Waals surface area contributed by atoms with Crippen LogP contribution in [0.3, 0.4) is 0 Å². The van der Waals surface area contributed by atoms with Gasteiger partial charge >= 0.3 is 6.09 Å². The zero-order chi connectivity index (χ0) is 15.5. The van der Waals surface area contributed by atoms with Crippen molar-refractivity contribution >= 4 is 17.9 Å². The Hall–Kier alpha value is -0.420. The molecule has 2 atom stereocenters. The first-order chi connectivity index (χ1) is 9.85. The highest BCUT2D eigenvalue weighted by Crippen LogP contribution is 2.31. The van der Waals surface area contributed by atoms with Gasteiger partial charge in [0.15, 0.2) is 0 Å². The summed E-state index contributed by atoms with van der Waals surface area (Å²) in [7, 11) is 0. The van der Waals surface area contributed by atoms with Gasteiger partial charge in [-0.3, -0.25) is 0 Å². The van der Waals surface area contributed by atoms with E-state index in [0.717, 1.165) is 18.1 Å². The number of carbonyl (C=O) groups excluding carboxylic acids is 1. The summed E-state index contributed by atoms with van der Waals surface area (Å²) in [4.78, 5) is 11.7. The molecule has 0 aromatic heterocycles. The molecule has 2 fully saturated rings. The summed E-state index contributed by atoms with van der Waals surface area (Å²) in [6, 6.07) is 1.53. The predicted molar refractivity (Wildman–Crippen MR) is 88.9 cm³/mol. The molecule has 2 rings (SSSR count). The van der Waals surface area contributed by atoms with Crippen molar-refractivity contribution < 1.29 is 9.53 Å². The molecule has 0 aromatic carbocycles. The Morgan fingerprint density at radius 3 is 2.48 bits per heavy atom. The van der Waals surface area contributed by atoms with E-state index in [1.54, 1.807) is 0 Å². The van der Waals surface area contributed by atoms with Crippen LogP contribution in [0.2, 0.25) is 0 Å². The Labute approximate surface area is 133 Å². The summed E-state index contributed by atoms with van der Waals surface area (Å²) in [6.45, 7) is 7.91. The third-order valence-electron chi connectivity index (χ3n) is 4.12. The van der Waals surface area contributed by atoms with Gasteiger partial charge in [-0.2, -0.15) is 11.8 Å². The Morgan fingerprint density at radius 1 is 1.14 bits per heavy atom. The number of hydrogen-bond donors (Lipinski definition) is 2. The summed E-state index contributed by atoms with van der Waals surface area (Å²) in [6.07, 6.45) is 5.73. The maximum absolute atomic E-state index is 11.7. The molecule has 5 heteroatoms. The van der Waals surface area contributed by atoms with Crippen LogP contribution >= 0.6 is 11.8 Å². The lowest BCUT2D eigenvalue weighted by molar-refractivity contribution is 0.0463. The number of rotatable bonds is 5. The van der Waals surface area contributed by atoms with Crippen molar-refractivity contribution in [1.82, 2.24) is 10.6 Å². The van der Waals surface area contributed by atoms with Gasteiger partial charge in [0.2, 0.25) is 0 Å². The van der Waals surface area contributed by atoms with Crippen LogP contribution in [0, 0.1) is 0 Å². The molecule has 21 heavy (non-hydrogen) atoms. The minimum Gasteiger partial charge on any atom is -0.444 e. The first-order valence-corrected chi connectivity index (χ1v) is 9.27. The highest BCUT2D eigenvalue weighted by molar-refractivity contribution is 7.99. The molecule has 0 radical (unpaired) electrons. The molecular formula is C16H30N2O2S. The quantitative estimate of drug-likeness (QED) is 0.817. The summed E-state index contributed by atoms with van der Waals surface area (Å²) < 4.78 is 5.28. The molecule has 2 aliphatic rings. The van der Waals surface area contributed by atoms with Crippen molar-refractivity contribution in [2.75, 3.05) is 5.75 Å². The number of hydrogen-bond acceptors (Lipinski definition) is 4. The molecular weight excluding hydrogens is 284 g/mol. The van der Waals surface area contributed by atoms with Crippen LogP contribution in [0.25, 0.3) is 0 Å². The summed E-state index contributed by atoms with van der Waals surface area (Å²) in [5.41, 5.74) is -0.415. The van der Waals surface area contributed by atoms with Gasteiger partial charge in [0.1, 0.15) is 5.60 Å². The normalized spacial score (nSPS) is 32.6. The van der Waals surface area contributed by atoms with E-state index in [1.165, 1.54) is 25.0 Å². The van der Waals surface area contributed by atoms with Crippen LogP contribution in [0.1, 0.15) is 59.8 Å². The summed E-state index contributed by atoms with van der Waals surface area (Å²) in [5.74, 6) is 1.22. The van der Waals surface area contributed by atoms with Gasteiger partial charge in [0, 0.05) is 23.4 Å². The van der Waals surface area contributed by atoms with Crippen molar-refractivity contribution in [2.24, 2.45) is 0 Å². The largest absolute Gasteiger partial charge is 0.444 e. The van der Waals surface area contributed by atoms with Gasteiger partial charge in [0.25, 0.3) is 0 Å². The van der Waals surface area contributed by atoms with E-state index in [4.69, 9.17) is 4.74 Å². The first kappa shape index (κ1) is 16.9. The van der Waals surface area contributed by atoms with Gasteiger partial charge in [-0.15, -0.1) is 0 Å². The molecule has 0 bridgehead atoms. The third-order valence-corrected chi connectivity index (χ3v) is 5.35. The van der Waals surface area contributed by atoms with Gasteiger partial charge in [0.05, 0.1) is 0 Å². The monoisotopic (exact) mass is 314 g/mol. The van der Waals surface area contributed by atoms with Gasteiger partial charge < -0.3 is 15.4 Å². The van der Waals surface area contributed by atoms with Crippen molar-refractivity contribution in [3.8, 4) is 0 Å². The molecule has 0 saturated heterocycles. The maximum atomic E-state index is 11.7. The number of alkyl carbamates (subject to hydrolysis) is 1. The Kier molecular flexibility index (Phi) is 5.83. The van der Waals surface area contributed by atoms with E-state index in [1.807, 2.05) is 20.8 Å². The highest BCUT2D eigenvalue weighted by atomic mass is 32.2. The first-order valence-electron chi connectivity index (χ1n) is 8.23. The fourth-order valence-corrected chi connectivity index (χ4v) is 4.30. The summed E-state index contributed by atoms with van der Waals surface area (Å²) in [5, 5.41) is 7.55. The second kappa shape index (κ2) is 7.23. The second-order valence-corrected chi connectivity index (χ2v) is 8.84. The van der Waals surface area contributed by atoms with Crippen molar-refractivity contribution in [3.63, 3.8) is 0 Å². The third kappa shape index (κ3) is 5.70. The van der Waals surface area contributed by atoms with Gasteiger partial charge in [-0.1, -0.05) is 6.92 Å². The molecule has 0 heterocycles. The van der Waals surface area contributed by atoms with Crippen molar-refractivity contribution in [1.29, 1.82) is 0 Å². The average Bonchev–Trinajstić information content (AvgIpc) is 2.72. The Morgan fingerprint density at radius 2 is 1.86 bits per heavy atom. The molecule has 4 nitrogen and oxygen atoms in total. The molecule has 2 saturated carbocycles. The zero-order valence-electron chi connectivity index (χ0n) is 13.8. The number of ether oxygens (including phenoxy) is 1. The lowest BCUT2D eigenvalue weighted by atomic mass is 9.86. The van der Waals surface area contributed by atoms with Crippen LogP contribution in [0.4, 0.5) is 4.79 Å². The maximum Gasteiger partial charge on any atom is 0.407 e. The van der Waals surface area contributed by atoms with E-state index in [2.05, 4.69) is 29.3 Å². The minimum absolute atomic E-state index is 0.277. The van der Waals surface area contributed by atoms with Crippen molar-refractivity contribution in [3.05, 3.63) is 0 Å². The van der Waals surface area contributed by atoms with Crippen LogP contribution in [-0.2, 0) is 4.74 Å². The lowest BCUT2D eigenvalue weighted by Gasteiger charge is -2.38. The topological polar surface area (TPSA) is 50.4 Å². The van der Waals surface area contributed by atoms with E-state index < -0.39 is 5.60 Å². The molecule has 0 aliphatic heterocycles. The molecule has 122 valence electrons. The highest BCUT2D eigenvalue weighted by Gasteiger charge is 2.34. The van der Waals surface area contributed by atoms with E-state index in [9.17, 15) is 4.79 Å².